The summed E-state index contributed by atoms with van der Waals surface area (Å²) in [5, 5.41) is 3.76. The van der Waals surface area contributed by atoms with Crippen LogP contribution in [0.25, 0.3) is 20.8 Å². The molecule has 136 valence electrons. The van der Waals surface area contributed by atoms with Crippen LogP contribution < -0.4 is 10.1 Å². The highest BCUT2D eigenvalue weighted by Crippen LogP contribution is 2.31. The van der Waals surface area contributed by atoms with Gasteiger partial charge in [0.1, 0.15) is 16.5 Å². The number of carbonyl (C=O) groups excluding carboxylic acids is 1. The molecule has 2 aromatic carbocycles. The Bertz CT molecular complexity index is 1010. The van der Waals surface area contributed by atoms with Crippen molar-refractivity contribution in [1.82, 2.24) is 10.3 Å². The lowest BCUT2D eigenvalue weighted by atomic mass is 10.2. The average molecular weight is 378 g/mol. The van der Waals surface area contributed by atoms with Gasteiger partial charge in [0.05, 0.1) is 23.0 Å². The molecule has 0 fully saturated rings. The van der Waals surface area contributed by atoms with Crippen LogP contribution >= 0.6 is 11.3 Å². The van der Waals surface area contributed by atoms with Gasteiger partial charge in [0.15, 0.2) is 6.10 Å². The number of para-hydroxylation sites is 1. The van der Waals surface area contributed by atoms with Crippen molar-refractivity contribution in [2.45, 2.75) is 19.6 Å². The molecule has 0 aliphatic heterocycles. The molecule has 1 N–H and O–H groups in total. The standard InChI is InChI=1S/C21H18N2O3S/c1-14(20(24)22-13-17-5-4-12-25-17)26-16-10-8-15(9-11-16)21-23-18-6-2-3-7-19(18)27-21/h2-12,14H,13H2,1H3,(H,22,24)/t14-/m0/s1. The summed E-state index contributed by atoms with van der Waals surface area (Å²) in [5.74, 6) is 1.15. The molecule has 0 aliphatic rings. The van der Waals surface area contributed by atoms with Crippen LogP contribution in [0.3, 0.4) is 0 Å². The topological polar surface area (TPSA) is 64.4 Å². The minimum absolute atomic E-state index is 0.193. The largest absolute Gasteiger partial charge is 0.481 e. The molecule has 1 amide bonds. The molecule has 0 saturated heterocycles. The molecule has 0 spiro atoms. The van der Waals surface area contributed by atoms with Crippen molar-refractivity contribution < 1.29 is 13.9 Å². The predicted molar refractivity (Wildman–Crippen MR) is 106 cm³/mol. The third-order valence-electron chi connectivity index (χ3n) is 4.09. The summed E-state index contributed by atoms with van der Waals surface area (Å²) >= 11 is 1.66. The van der Waals surface area contributed by atoms with Gasteiger partial charge >= 0.3 is 0 Å². The Balaban J connectivity index is 1.39. The van der Waals surface area contributed by atoms with Gasteiger partial charge in [-0.1, -0.05) is 12.1 Å². The molecule has 5 nitrogen and oxygen atoms in total. The highest BCUT2D eigenvalue weighted by Gasteiger charge is 2.15. The highest BCUT2D eigenvalue weighted by molar-refractivity contribution is 7.21. The smallest absolute Gasteiger partial charge is 0.261 e. The Morgan fingerprint density at radius 1 is 1.15 bits per heavy atom. The minimum atomic E-state index is -0.603. The van der Waals surface area contributed by atoms with E-state index in [1.54, 1.807) is 30.6 Å². The lowest BCUT2D eigenvalue weighted by Crippen LogP contribution is -2.35. The Morgan fingerprint density at radius 2 is 1.96 bits per heavy atom. The number of amides is 1. The number of furan rings is 1. The summed E-state index contributed by atoms with van der Waals surface area (Å²) < 4.78 is 12.1. The molecule has 27 heavy (non-hydrogen) atoms. The molecular weight excluding hydrogens is 360 g/mol. The van der Waals surface area contributed by atoms with Crippen molar-refractivity contribution in [1.29, 1.82) is 0 Å². The van der Waals surface area contributed by atoms with Gasteiger partial charge in [0.25, 0.3) is 5.91 Å². The van der Waals surface area contributed by atoms with Crippen molar-refractivity contribution in [3.8, 4) is 16.3 Å². The second kappa shape index (κ2) is 7.63. The van der Waals surface area contributed by atoms with Gasteiger partial charge in [-0.05, 0) is 55.5 Å². The first-order valence-electron chi connectivity index (χ1n) is 8.62. The Kier molecular flexibility index (Phi) is 4.89. The van der Waals surface area contributed by atoms with E-state index >= 15 is 0 Å². The maximum Gasteiger partial charge on any atom is 0.261 e. The Labute approximate surface area is 160 Å². The van der Waals surface area contributed by atoms with Gasteiger partial charge in [-0.25, -0.2) is 4.98 Å². The third kappa shape index (κ3) is 4.01. The van der Waals surface area contributed by atoms with E-state index in [9.17, 15) is 4.79 Å². The van der Waals surface area contributed by atoms with Crippen molar-refractivity contribution in [2.75, 3.05) is 0 Å². The van der Waals surface area contributed by atoms with Crippen LogP contribution in [0.4, 0.5) is 0 Å². The summed E-state index contributed by atoms with van der Waals surface area (Å²) in [4.78, 5) is 16.8. The first-order chi connectivity index (χ1) is 13.2. The number of nitrogens with one attached hydrogen (secondary N) is 1. The van der Waals surface area contributed by atoms with Crippen molar-refractivity contribution >= 4 is 27.5 Å². The van der Waals surface area contributed by atoms with Crippen LogP contribution in [-0.4, -0.2) is 17.0 Å². The molecule has 0 unspecified atom stereocenters. The van der Waals surface area contributed by atoms with Gasteiger partial charge < -0.3 is 14.5 Å². The van der Waals surface area contributed by atoms with Gasteiger partial charge in [0, 0.05) is 5.56 Å². The monoisotopic (exact) mass is 378 g/mol. The van der Waals surface area contributed by atoms with E-state index < -0.39 is 6.10 Å². The molecule has 0 aliphatic carbocycles. The molecule has 0 radical (unpaired) electrons. The summed E-state index contributed by atoms with van der Waals surface area (Å²) in [7, 11) is 0. The number of hydrogen-bond donors (Lipinski definition) is 1. The second-order valence-corrected chi connectivity index (χ2v) is 7.10. The number of thiazole rings is 1. The lowest BCUT2D eigenvalue weighted by molar-refractivity contribution is -0.127. The van der Waals surface area contributed by atoms with E-state index in [2.05, 4.69) is 16.4 Å². The molecule has 0 saturated carbocycles. The van der Waals surface area contributed by atoms with Crippen LogP contribution in [0, 0.1) is 0 Å². The number of benzene rings is 2. The van der Waals surface area contributed by atoms with E-state index in [1.807, 2.05) is 48.5 Å². The average Bonchev–Trinajstić information content (AvgIpc) is 3.36. The van der Waals surface area contributed by atoms with Gasteiger partial charge in [-0.2, -0.15) is 0 Å². The molecule has 2 aromatic heterocycles. The van der Waals surface area contributed by atoms with Crippen molar-refractivity contribution in [3.05, 3.63) is 72.7 Å². The SMILES string of the molecule is C[C@H](Oc1ccc(-c2nc3ccccc3s2)cc1)C(=O)NCc1ccco1. The van der Waals surface area contributed by atoms with Crippen molar-refractivity contribution in [2.24, 2.45) is 0 Å². The fourth-order valence-electron chi connectivity index (χ4n) is 2.66. The number of rotatable bonds is 6. The number of carbonyl (C=O) groups is 1. The van der Waals surface area contributed by atoms with Crippen LogP contribution in [-0.2, 0) is 11.3 Å². The fraction of sp³-hybridized carbons (Fsp3) is 0.143. The normalized spacial score (nSPS) is 12.0. The van der Waals surface area contributed by atoms with E-state index in [0.29, 0.717) is 18.1 Å². The first kappa shape index (κ1) is 17.3. The molecule has 2 heterocycles. The number of hydrogen-bond acceptors (Lipinski definition) is 5. The van der Waals surface area contributed by atoms with Gasteiger partial charge in [-0.3, -0.25) is 4.79 Å². The zero-order valence-corrected chi connectivity index (χ0v) is 15.5. The summed E-state index contributed by atoms with van der Waals surface area (Å²) in [6, 6.07) is 19.3. The molecule has 4 rings (SSSR count). The molecule has 6 heteroatoms. The molecule has 4 aromatic rings. The molecular formula is C21H18N2O3S. The van der Waals surface area contributed by atoms with Crippen LogP contribution in [0.2, 0.25) is 0 Å². The van der Waals surface area contributed by atoms with E-state index in [0.717, 1.165) is 20.8 Å². The predicted octanol–water partition coefficient (Wildman–Crippen LogP) is 4.64. The fourth-order valence-corrected chi connectivity index (χ4v) is 3.63. The zero-order chi connectivity index (χ0) is 18.6. The number of fused-ring (bicyclic) bond motifs is 1. The Morgan fingerprint density at radius 3 is 2.70 bits per heavy atom. The van der Waals surface area contributed by atoms with Crippen LogP contribution in [0.1, 0.15) is 12.7 Å². The minimum Gasteiger partial charge on any atom is -0.481 e. The first-order valence-corrected chi connectivity index (χ1v) is 9.43. The maximum absolute atomic E-state index is 12.1. The second-order valence-electron chi connectivity index (χ2n) is 6.07. The number of ether oxygens (including phenoxy) is 1. The van der Waals surface area contributed by atoms with Crippen molar-refractivity contribution in [3.63, 3.8) is 0 Å². The quantitative estimate of drug-likeness (QED) is 0.531. The van der Waals surface area contributed by atoms with Crippen LogP contribution in [0.15, 0.2) is 71.3 Å². The zero-order valence-electron chi connectivity index (χ0n) is 14.7. The van der Waals surface area contributed by atoms with Crippen LogP contribution in [0.5, 0.6) is 5.75 Å². The molecule has 0 bridgehead atoms. The summed E-state index contributed by atoms with van der Waals surface area (Å²) in [5.41, 5.74) is 2.03. The van der Waals surface area contributed by atoms with E-state index in [4.69, 9.17) is 9.15 Å². The molecule has 1 atom stereocenters. The third-order valence-corrected chi connectivity index (χ3v) is 5.18. The van der Waals surface area contributed by atoms with Gasteiger partial charge in [-0.15, -0.1) is 11.3 Å². The number of nitrogens with zero attached hydrogens (tertiary/aromatic N) is 1. The Hall–Kier alpha value is -3.12. The number of aromatic nitrogens is 1. The van der Waals surface area contributed by atoms with Gasteiger partial charge in [0.2, 0.25) is 0 Å². The van der Waals surface area contributed by atoms with E-state index in [1.165, 1.54) is 0 Å². The lowest BCUT2D eigenvalue weighted by Gasteiger charge is -2.14. The summed E-state index contributed by atoms with van der Waals surface area (Å²) in [6.45, 7) is 2.06. The van der Waals surface area contributed by atoms with E-state index in [-0.39, 0.29) is 5.91 Å². The highest BCUT2D eigenvalue weighted by atomic mass is 32.1. The maximum atomic E-state index is 12.1. The summed E-state index contributed by atoms with van der Waals surface area (Å²) in [6.07, 6.45) is 0.974.